The van der Waals surface area contributed by atoms with Crippen molar-refractivity contribution in [2.75, 3.05) is 14.1 Å². The Morgan fingerprint density at radius 2 is 1.50 bits per heavy atom. The fraction of sp³-hybridized carbons (Fsp3) is 0.167. The number of nitrogens with zero attached hydrogens (tertiary/aromatic N) is 3. The second kappa shape index (κ2) is 7.23. The highest BCUT2D eigenvalue weighted by molar-refractivity contribution is 7.87. The molecule has 10 heteroatoms. The van der Waals surface area contributed by atoms with Crippen molar-refractivity contribution in [3.05, 3.63) is 65.4 Å². The van der Waals surface area contributed by atoms with E-state index in [0.717, 1.165) is 26.7 Å². The van der Waals surface area contributed by atoms with Crippen molar-refractivity contribution < 1.29 is 21.6 Å². The lowest BCUT2D eigenvalue weighted by Crippen LogP contribution is -2.28. The van der Waals surface area contributed by atoms with Crippen molar-refractivity contribution in [1.29, 1.82) is 0 Å². The molecule has 3 aromatic rings. The lowest BCUT2D eigenvalue weighted by molar-refractivity contribution is -0.137. The van der Waals surface area contributed by atoms with Gasteiger partial charge in [0.1, 0.15) is 6.33 Å². The molecule has 5 nitrogen and oxygen atoms in total. The van der Waals surface area contributed by atoms with Crippen LogP contribution < -0.4 is 0 Å². The summed E-state index contributed by atoms with van der Waals surface area (Å²) in [5.41, 5.74) is 0.518. The van der Waals surface area contributed by atoms with Crippen LogP contribution in [0.25, 0.3) is 22.5 Å². The lowest BCUT2D eigenvalue weighted by atomic mass is 10.0. The van der Waals surface area contributed by atoms with Crippen LogP contribution in [-0.4, -0.2) is 35.8 Å². The van der Waals surface area contributed by atoms with Crippen molar-refractivity contribution in [3.63, 3.8) is 0 Å². The SMILES string of the molecule is CN(C)S(=O)(=O)n1cnc(-c2ccc(C(F)(F)F)cc2)c1-c1ccc(Cl)cc1. The summed E-state index contributed by atoms with van der Waals surface area (Å²) >= 11 is 5.91. The Bertz CT molecular complexity index is 1090. The van der Waals surface area contributed by atoms with Crippen LogP contribution in [0.5, 0.6) is 0 Å². The summed E-state index contributed by atoms with van der Waals surface area (Å²) in [7, 11) is -1.16. The monoisotopic (exact) mass is 429 g/mol. The van der Waals surface area contributed by atoms with E-state index in [4.69, 9.17) is 11.6 Å². The summed E-state index contributed by atoms with van der Waals surface area (Å²) in [5, 5.41) is 0.460. The highest BCUT2D eigenvalue weighted by atomic mass is 35.5. The van der Waals surface area contributed by atoms with Crippen molar-refractivity contribution in [2.24, 2.45) is 0 Å². The maximum absolute atomic E-state index is 12.8. The Morgan fingerprint density at radius 3 is 2.00 bits per heavy atom. The first kappa shape index (κ1) is 20.4. The van der Waals surface area contributed by atoms with E-state index < -0.39 is 21.9 Å². The summed E-state index contributed by atoms with van der Waals surface area (Å²) < 4.78 is 65.9. The van der Waals surface area contributed by atoms with Crippen LogP contribution in [0.3, 0.4) is 0 Å². The molecule has 0 unspecified atom stereocenters. The molecule has 0 aliphatic rings. The van der Waals surface area contributed by atoms with Gasteiger partial charge in [0.15, 0.2) is 0 Å². The van der Waals surface area contributed by atoms with Gasteiger partial charge in [-0.15, -0.1) is 0 Å². The number of halogens is 4. The quantitative estimate of drug-likeness (QED) is 0.611. The zero-order valence-corrected chi connectivity index (χ0v) is 16.3. The average Bonchev–Trinajstić information content (AvgIpc) is 3.07. The maximum atomic E-state index is 12.8. The number of imidazole rings is 1. The van der Waals surface area contributed by atoms with Gasteiger partial charge < -0.3 is 0 Å². The second-order valence-corrected chi connectivity index (χ2v) is 8.57. The molecule has 0 saturated heterocycles. The minimum absolute atomic E-state index is 0.227. The predicted octanol–water partition coefficient (Wildman–Crippen LogP) is 4.54. The molecular weight excluding hydrogens is 415 g/mol. The molecule has 0 N–H and O–H groups in total. The number of rotatable bonds is 4. The largest absolute Gasteiger partial charge is 0.416 e. The highest BCUT2D eigenvalue weighted by Crippen LogP contribution is 2.35. The fourth-order valence-electron chi connectivity index (χ4n) is 2.58. The third kappa shape index (κ3) is 3.78. The van der Waals surface area contributed by atoms with Crippen molar-refractivity contribution in [2.45, 2.75) is 6.18 Å². The van der Waals surface area contributed by atoms with E-state index in [2.05, 4.69) is 4.98 Å². The van der Waals surface area contributed by atoms with Crippen molar-refractivity contribution >= 4 is 21.8 Å². The molecule has 2 aromatic carbocycles. The van der Waals surface area contributed by atoms with Crippen LogP contribution in [0.4, 0.5) is 13.2 Å². The van der Waals surface area contributed by atoms with E-state index in [1.165, 1.54) is 26.2 Å². The molecule has 3 rings (SSSR count). The smallest absolute Gasteiger partial charge is 0.235 e. The van der Waals surface area contributed by atoms with E-state index in [-0.39, 0.29) is 11.4 Å². The molecule has 0 aliphatic heterocycles. The minimum Gasteiger partial charge on any atom is -0.235 e. The molecule has 28 heavy (non-hydrogen) atoms. The number of aromatic nitrogens is 2. The van der Waals surface area contributed by atoms with Crippen molar-refractivity contribution in [3.8, 4) is 22.5 Å². The van der Waals surface area contributed by atoms with Gasteiger partial charge in [0, 0.05) is 30.2 Å². The van der Waals surface area contributed by atoms with Crippen LogP contribution in [0.2, 0.25) is 5.02 Å². The van der Waals surface area contributed by atoms with E-state index in [1.54, 1.807) is 24.3 Å². The molecule has 0 aliphatic carbocycles. The van der Waals surface area contributed by atoms with E-state index in [9.17, 15) is 21.6 Å². The van der Waals surface area contributed by atoms with Crippen LogP contribution in [0.1, 0.15) is 5.56 Å². The standard InChI is InChI=1S/C18H15ClF3N3O2S/c1-24(2)28(26,27)25-11-23-16(17(25)13-5-9-15(19)10-6-13)12-3-7-14(8-4-12)18(20,21)22/h3-11H,1-2H3. The van der Waals surface area contributed by atoms with Crippen LogP contribution in [-0.2, 0) is 16.4 Å². The summed E-state index contributed by atoms with van der Waals surface area (Å²) in [6, 6.07) is 10.8. The van der Waals surface area contributed by atoms with Crippen LogP contribution in [0, 0.1) is 0 Å². The Labute approximate surface area is 165 Å². The zero-order valence-electron chi connectivity index (χ0n) is 14.8. The molecule has 0 spiro atoms. The molecule has 0 atom stereocenters. The molecular formula is C18H15ClF3N3O2S. The first-order valence-corrected chi connectivity index (χ1v) is 9.73. The van der Waals surface area contributed by atoms with Gasteiger partial charge in [0.2, 0.25) is 0 Å². The highest BCUT2D eigenvalue weighted by Gasteiger charge is 2.30. The van der Waals surface area contributed by atoms with Gasteiger partial charge in [0.25, 0.3) is 0 Å². The Balaban J connectivity index is 2.22. The number of hydrogen-bond donors (Lipinski definition) is 0. The maximum Gasteiger partial charge on any atom is 0.416 e. The Hall–Kier alpha value is -2.36. The third-order valence-electron chi connectivity index (χ3n) is 4.05. The Kier molecular flexibility index (Phi) is 5.26. The summed E-state index contributed by atoms with van der Waals surface area (Å²) in [6.45, 7) is 0. The van der Waals surface area contributed by atoms with Gasteiger partial charge in [-0.3, -0.25) is 0 Å². The van der Waals surface area contributed by atoms with E-state index in [1.807, 2.05) is 0 Å². The predicted molar refractivity (Wildman–Crippen MR) is 101 cm³/mol. The normalized spacial score (nSPS) is 12.5. The van der Waals surface area contributed by atoms with Gasteiger partial charge in [-0.1, -0.05) is 35.9 Å². The lowest BCUT2D eigenvalue weighted by Gasteiger charge is -2.16. The molecule has 148 valence electrons. The molecule has 1 aromatic heterocycles. The molecule has 0 fully saturated rings. The molecule has 1 heterocycles. The first-order chi connectivity index (χ1) is 13.0. The topological polar surface area (TPSA) is 55.2 Å². The van der Waals surface area contributed by atoms with Gasteiger partial charge in [-0.2, -0.15) is 25.9 Å². The summed E-state index contributed by atoms with van der Waals surface area (Å²) in [5.74, 6) is 0. The van der Waals surface area contributed by atoms with Crippen LogP contribution in [0.15, 0.2) is 54.9 Å². The van der Waals surface area contributed by atoms with Gasteiger partial charge in [-0.05, 0) is 24.3 Å². The number of benzene rings is 2. The number of alkyl halides is 3. The van der Waals surface area contributed by atoms with Gasteiger partial charge >= 0.3 is 16.4 Å². The minimum atomic E-state index is -4.47. The molecule has 0 radical (unpaired) electrons. The number of hydrogen-bond acceptors (Lipinski definition) is 3. The second-order valence-electron chi connectivity index (χ2n) is 6.11. The van der Waals surface area contributed by atoms with Crippen molar-refractivity contribution in [1.82, 2.24) is 13.3 Å². The fourth-order valence-corrected chi connectivity index (χ4v) is 3.65. The molecule has 0 amide bonds. The first-order valence-electron chi connectivity index (χ1n) is 7.96. The van der Waals surface area contributed by atoms with Gasteiger partial charge in [0.05, 0.1) is 17.0 Å². The Morgan fingerprint density at radius 1 is 0.964 bits per heavy atom. The molecule has 0 bridgehead atoms. The van der Waals surface area contributed by atoms with Crippen LogP contribution >= 0.6 is 11.6 Å². The molecule has 0 saturated carbocycles. The van der Waals surface area contributed by atoms with Gasteiger partial charge in [-0.25, -0.2) is 8.96 Å². The summed E-state index contributed by atoms with van der Waals surface area (Å²) in [6.07, 6.45) is -3.34. The summed E-state index contributed by atoms with van der Waals surface area (Å²) in [4.78, 5) is 4.17. The van der Waals surface area contributed by atoms with E-state index in [0.29, 0.717) is 16.1 Å². The zero-order chi connectivity index (χ0) is 20.7. The van der Waals surface area contributed by atoms with E-state index >= 15 is 0 Å². The average molecular weight is 430 g/mol. The third-order valence-corrected chi connectivity index (χ3v) is 6.00.